The van der Waals surface area contributed by atoms with Gasteiger partial charge < -0.3 is 0 Å². The number of hydrogen-bond acceptors (Lipinski definition) is 3. The Hall–Kier alpha value is -1.46. The van der Waals surface area contributed by atoms with E-state index in [1.54, 1.807) is 6.20 Å². The Morgan fingerprint density at radius 1 is 1.53 bits per heavy atom. The van der Waals surface area contributed by atoms with E-state index >= 15 is 0 Å². The molecule has 0 fully saturated rings. The number of rotatable bonds is 2. The van der Waals surface area contributed by atoms with Crippen molar-refractivity contribution in [3.05, 3.63) is 45.7 Å². The van der Waals surface area contributed by atoms with Gasteiger partial charge in [-0.25, -0.2) is 9.37 Å². The zero-order valence-corrected chi connectivity index (χ0v) is 10.4. The molecule has 17 heavy (non-hydrogen) atoms. The van der Waals surface area contributed by atoms with Crippen molar-refractivity contribution in [2.24, 2.45) is 0 Å². The van der Waals surface area contributed by atoms with Gasteiger partial charge in [-0.3, -0.25) is 10.1 Å². The Bertz CT molecular complexity index is 570. The molecule has 1 N–H and O–H groups in total. The molecule has 0 atom stereocenters. The number of nitrogens with one attached hydrogen (secondary N) is 1. The zero-order valence-electron chi connectivity index (χ0n) is 8.83. The fraction of sp³-hybridized carbons (Fsp3) is 0.0909. The minimum Gasteiger partial charge on any atom is -0.298 e. The standard InChI is InChI=1S/C11H8ClFN2OS/c1-6-5-14-11(17-6)15-10(16)8-3-2-7(13)4-9(8)12/h2-5H,1H3,(H,14,15,16). The van der Waals surface area contributed by atoms with E-state index in [0.717, 1.165) is 10.9 Å². The first-order chi connectivity index (χ1) is 8.06. The zero-order chi connectivity index (χ0) is 12.4. The first-order valence-corrected chi connectivity index (χ1v) is 5.94. The molecular formula is C11H8ClFN2OS. The second-order valence-electron chi connectivity index (χ2n) is 3.35. The summed E-state index contributed by atoms with van der Waals surface area (Å²) in [6.07, 6.45) is 1.66. The van der Waals surface area contributed by atoms with Crippen LogP contribution in [-0.2, 0) is 0 Å². The van der Waals surface area contributed by atoms with Crippen molar-refractivity contribution in [1.82, 2.24) is 4.98 Å². The van der Waals surface area contributed by atoms with E-state index in [4.69, 9.17) is 11.6 Å². The number of hydrogen-bond donors (Lipinski definition) is 1. The van der Waals surface area contributed by atoms with Crippen LogP contribution in [0.15, 0.2) is 24.4 Å². The lowest BCUT2D eigenvalue weighted by Crippen LogP contribution is -2.12. The molecule has 0 spiro atoms. The van der Waals surface area contributed by atoms with Crippen molar-refractivity contribution in [1.29, 1.82) is 0 Å². The molecule has 0 bridgehead atoms. The molecular weight excluding hydrogens is 263 g/mol. The minimum absolute atomic E-state index is 0.0794. The molecule has 0 aliphatic carbocycles. The molecule has 0 radical (unpaired) electrons. The molecule has 0 saturated heterocycles. The highest BCUT2D eigenvalue weighted by atomic mass is 35.5. The Balaban J connectivity index is 2.20. The van der Waals surface area contributed by atoms with E-state index in [1.165, 1.54) is 23.5 Å². The Morgan fingerprint density at radius 3 is 2.88 bits per heavy atom. The lowest BCUT2D eigenvalue weighted by Gasteiger charge is -2.03. The maximum absolute atomic E-state index is 12.8. The summed E-state index contributed by atoms with van der Waals surface area (Å²) in [5, 5.41) is 3.17. The number of carbonyl (C=O) groups excluding carboxylic acids is 1. The molecule has 88 valence electrons. The van der Waals surface area contributed by atoms with Crippen LogP contribution in [0.4, 0.5) is 9.52 Å². The first-order valence-electron chi connectivity index (χ1n) is 4.75. The highest BCUT2D eigenvalue weighted by molar-refractivity contribution is 7.15. The second-order valence-corrected chi connectivity index (χ2v) is 5.00. The summed E-state index contributed by atoms with van der Waals surface area (Å²) in [5.74, 6) is -0.874. The van der Waals surface area contributed by atoms with Gasteiger partial charge in [-0.05, 0) is 25.1 Å². The van der Waals surface area contributed by atoms with Crippen LogP contribution in [-0.4, -0.2) is 10.9 Å². The van der Waals surface area contributed by atoms with Gasteiger partial charge >= 0.3 is 0 Å². The van der Waals surface area contributed by atoms with Gasteiger partial charge in [0.2, 0.25) is 0 Å². The number of halogens is 2. The predicted molar refractivity (Wildman–Crippen MR) is 66.2 cm³/mol. The quantitative estimate of drug-likeness (QED) is 0.907. The fourth-order valence-corrected chi connectivity index (χ4v) is 2.16. The van der Waals surface area contributed by atoms with Gasteiger partial charge in [0, 0.05) is 11.1 Å². The summed E-state index contributed by atoms with van der Waals surface area (Å²) in [6, 6.07) is 3.63. The molecule has 2 rings (SSSR count). The summed E-state index contributed by atoms with van der Waals surface area (Å²) < 4.78 is 12.8. The monoisotopic (exact) mass is 270 g/mol. The highest BCUT2D eigenvalue weighted by Gasteiger charge is 2.12. The summed E-state index contributed by atoms with van der Waals surface area (Å²) in [7, 11) is 0. The number of carbonyl (C=O) groups is 1. The summed E-state index contributed by atoms with van der Waals surface area (Å²) in [5.41, 5.74) is 0.223. The number of aromatic nitrogens is 1. The number of thiazole rings is 1. The van der Waals surface area contributed by atoms with Crippen LogP contribution in [0.25, 0.3) is 0 Å². The molecule has 2 aromatic rings. The van der Waals surface area contributed by atoms with Crippen molar-refractivity contribution in [2.75, 3.05) is 5.32 Å². The SMILES string of the molecule is Cc1cnc(NC(=O)c2ccc(F)cc2Cl)s1. The number of aryl methyl sites for hydroxylation is 1. The average Bonchev–Trinajstić information content (AvgIpc) is 2.63. The van der Waals surface area contributed by atoms with Gasteiger partial charge in [-0.2, -0.15) is 0 Å². The highest BCUT2D eigenvalue weighted by Crippen LogP contribution is 2.21. The number of amides is 1. The Kier molecular flexibility index (Phi) is 3.40. The molecule has 1 heterocycles. The van der Waals surface area contributed by atoms with Crippen LogP contribution in [0.1, 0.15) is 15.2 Å². The van der Waals surface area contributed by atoms with Crippen LogP contribution < -0.4 is 5.32 Å². The maximum atomic E-state index is 12.8. The molecule has 0 aliphatic heterocycles. The Morgan fingerprint density at radius 2 is 2.29 bits per heavy atom. The van der Waals surface area contributed by atoms with Crippen molar-refractivity contribution in [2.45, 2.75) is 6.92 Å². The summed E-state index contributed by atoms with van der Waals surface area (Å²) in [4.78, 5) is 16.8. The predicted octanol–water partition coefficient (Wildman–Crippen LogP) is 3.50. The summed E-state index contributed by atoms with van der Waals surface area (Å²) in [6.45, 7) is 1.89. The van der Waals surface area contributed by atoms with Crippen LogP contribution in [0.2, 0.25) is 5.02 Å². The van der Waals surface area contributed by atoms with Crippen LogP contribution in [0.5, 0.6) is 0 Å². The van der Waals surface area contributed by atoms with Crippen molar-refractivity contribution in [3.63, 3.8) is 0 Å². The Labute approximate surface area is 106 Å². The van der Waals surface area contributed by atoms with Crippen molar-refractivity contribution < 1.29 is 9.18 Å². The van der Waals surface area contributed by atoms with E-state index in [2.05, 4.69) is 10.3 Å². The van der Waals surface area contributed by atoms with Crippen LogP contribution in [0.3, 0.4) is 0 Å². The topological polar surface area (TPSA) is 42.0 Å². The number of benzene rings is 1. The normalized spacial score (nSPS) is 10.3. The third-order valence-corrected chi connectivity index (χ3v) is 3.16. The third kappa shape index (κ3) is 2.81. The summed E-state index contributed by atoms with van der Waals surface area (Å²) >= 11 is 7.14. The second kappa shape index (κ2) is 4.81. The average molecular weight is 271 g/mol. The molecule has 6 heteroatoms. The van der Waals surface area contributed by atoms with E-state index < -0.39 is 11.7 Å². The number of anilines is 1. The van der Waals surface area contributed by atoms with E-state index in [1.807, 2.05) is 6.92 Å². The van der Waals surface area contributed by atoms with E-state index in [9.17, 15) is 9.18 Å². The lowest BCUT2D eigenvalue weighted by atomic mass is 10.2. The molecule has 1 aromatic heterocycles. The van der Waals surface area contributed by atoms with Crippen molar-refractivity contribution >= 4 is 34.0 Å². The molecule has 0 unspecified atom stereocenters. The molecule has 0 saturated carbocycles. The molecule has 1 aromatic carbocycles. The maximum Gasteiger partial charge on any atom is 0.258 e. The molecule has 0 aliphatic rings. The lowest BCUT2D eigenvalue weighted by molar-refractivity contribution is 0.102. The molecule has 3 nitrogen and oxygen atoms in total. The fourth-order valence-electron chi connectivity index (χ4n) is 1.25. The van der Waals surface area contributed by atoms with Gasteiger partial charge in [-0.1, -0.05) is 11.6 Å². The van der Waals surface area contributed by atoms with Gasteiger partial charge in [0.25, 0.3) is 5.91 Å². The van der Waals surface area contributed by atoms with Crippen LogP contribution in [0, 0.1) is 12.7 Å². The van der Waals surface area contributed by atoms with Gasteiger partial charge in [0.1, 0.15) is 5.82 Å². The van der Waals surface area contributed by atoms with Gasteiger partial charge in [-0.15, -0.1) is 11.3 Å². The van der Waals surface area contributed by atoms with E-state index in [-0.39, 0.29) is 10.6 Å². The van der Waals surface area contributed by atoms with Gasteiger partial charge in [0.05, 0.1) is 10.6 Å². The smallest absolute Gasteiger partial charge is 0.258 e. The van der Waals surface area contributed by atoms with Crippen LogP contribution >= 0.6 is 22.9 Å². The molecule has 1 amide bonds. The first kappa shape index (κ1) is 12.0. The third-order valence-electron chi connectivity index (χ3n) is 2.02. The van der Waals surface area contributed by atoms with Gasteiger partial charge in [0.15, 0.2) is 5.13 Å². The largest absolute Gasteiger partial charge is 0.298 e. The minimum atomic E-state index is -0.475. The van der Waals surface area contributed by atoms with Crippen molar-refractivity contribution in [3.8, 4) is 0 Å². The van der Waals surface area contributed by atoms with E-state index in [0.29, 0.717) is 5.13 Å². The number of nitrogens with zero attached hydrogens (tertiary/aromatic N) is 1.